The SMILES string of the molecule is CC(=O)N(Cc1cncnc1)[C@H]1CCCN(C(=O)Nc2cc(C)ccn2)CC1. The van der Waals surface area contributed by atoms with Crippen LogP contribution >= 0.6 is 0 Å². The minimum absolute atomic E-state index is 0.0238. The molecule has 0 aromatic carbocycles. The second-order valence-electron chi connectivity index (χ2n) is 7.11. The monoisotopic (exact) mass is 382 g/mol. The van der Waals surface area contributed by atoms with E-state index in [4.69, 9.17) is 0 Å². The van der Waals surface area contributed by atoms with Crippen molar-refractivity contribution < 1.29 is 9.59 Å². The minimum Gasteiger partial charge on any atom is -0.335 e. The second-order valence-corrected chi connectivity index (χ2v) is 7.11. The Kier molecular flexibility index (Phi) is 6.52. The molecule has 1 saturated heterocycles. The molecular formula is C20H26N6O2. The number of pyridine rings is 1. The molecule has 0 saturated carbocycles. The van der Waals surface area contributed by atoms with Crippen LogP contribution in [0.3, 0.4) is 0 Å². The Hall–Kier alpha value is -3.03. The molecule has 8 nitrogen and oxygen atoms in total. The zero-order chi connectivity index (χ0) is 19.9. The average molecular weight is 382 g/mol. The maximum absolute atomic E-state index is 12.6. The summed E-state index contributed by atoms with van der Waals surface area (Å²) in [7, 11) is 0. The number of rotatable bonds is 4. The van der Waals surface area contributed by atoms with Gasteiger partial charge in [-0.05, 0) is 43.9 Å². The van der Waals surface area contributed by atoms with Crippen LogP contribution in [0.25, 0.3) is 0 Å². The van der Waals surface area contributed by atoms with Crippen molar-refractivity contribution in [2.24, 2.45) is 0 Å². The predicted molar refractivity (Wildman–Crippen MR) is 105 cm³/mol. The molecule has 3 heterocycles. The summed E-state index contributed by atoms with van der Waals surface area (Å²) in [6.45, 7) is 5.29. The maximum atomic E-state index is 12.6. The van der Waals surface area contributed by atoms with E-state index in [2.05, 4.69) is 20.3 Å². The van der Waals surface area contributed by atoms with Crippen LogP contribution in [-0.4, -0.2) is 55.8 Å². The molecule has 1 N–H and O–H groups in total. The van der Waals surface area contributed by atoms with Crippen molar-refractivity contribution in [1.29, 1.82) is 0 Å². The van der Waals surface area contributed by atoms with Crippen LogP contribution < -0.4 is 5.32 Å². The van der Waals surface area contributed by atoms with Crippen molar-refractivity contribution in [1.82, 2.24) is 24.8 Å². The van der Waals surface area contributed by atoms with E-state index >= 15 is 0 Å². The third kappa shape index (κ3) is 5.25. The van der Waals surface area contributed by atoms with Crippen LogP contribution in [0.15, 0.2) is 37.1 Å². The fourth-order valence-corrected chi connectivity index (χ4v) is 3.49. The molecule has 148 valence electrons. The highest BCUT2D eigenvalue weighted by molar-refractivity contribution is 5.88. The van der Waals surface area contributed by atoms with Gasteiger partial charge in [0.1, 0.15) is 12.1 Å². The zero-order valence-corrected chi connectivity index (χ0v) is 16.3. The van der Waals surface area contributed by atoms with Gasteiger partial charge in [0.25, 0.3) is 0 Å². The van der Waals surface area contributed by atoms with Crippen molar-refractivity contribution in [3.8, 4) is 0 Å². The number of aryl methyl sites for hydroxylation is 1. The molecule has 3 rings (SSSR count). The Morgan fingerprint density at radius 3 is 2.75 bits per heavy atom. The van der Waals surface area contributed by atoms with Crippen LogP contribution in [0, 0.1) is 6.92 Å². The molecule has 0 unspecified atom stereocenters. The second kappa shape index (κ2) is 9.25. The average Bonchev–Trinajstić information content (AvgIpc) is 2.93. The van der Waals surface area contributed by atoms with Crippen LogP contribution in [0.5, 0.6) is 0 Å². The number of urea groups is 1. The van der Waals surface area contributed by atoms with E-state index in [0.717, 1.165) is 30.4 Å². The highest BCUT2D eigenvalue weighted by Crippen LogP contribution is 2.20. The van der Waals surface area contributed by atoms with E-state index in [1.807, 2.05) is 24.0 Å². The van der Waals surface area contributed by atoms with Gasteiger partial charge in [-0.25, -0.2) is 19.7 Å². The van der Waals surface area contributed by atoms with E-state index in [9.17, 15) is 9.59 Å². The molecule has 8 heteroatoms. The maximum Gasteiger partial charge on any atom is 0.323 e. The molecule has 0 aliphatic carbocycles. The first-order valence-electron chi connectivity index (χ1n) is 9.52. The van der Waals surface area contributed by atoms with Crippen LogP contribution in [-0.2, 0) is 11.3 Å². The Labute approximate surface area is 165 Å². The van der Waals surface area contributed by atoms with Gasteiger partial charge in [-0.1, -0.05) is 0 Å². The Balaban J connectivity index is 1.61. The van der Waals surface area contributed by atoms with Crippen molar-refractivity contribution in [3.05, 3.63) is 48.2 Å². The number of carbonyl (C=O) groups is 2. The standard InChI is InChI=1S/C20H26N6O2/c1-15-5-7-23-19(10-15)24-20(28)25-8-3-4-18(6-9-25)26(16(2)27)13-17-11-21-14-22-12-17/h5,7,10-12,14,18H,3-4,6,8-9,13H2,1-2H3,(H,23,24,28)/t18-/m0/s1. The number of likely N-dealkylation sites (tertiary alicyclic amines) is 1. The number of carbonyl (C=O) groups excluding carboxylic acids is 2. The van der Waals surface area contributed by atoms with Gasteiger partial charge in [0, 0.05) is 56.8 Å². The van der Waals surface area contributed by atoms with Crippen LogP contribution in [0.4, 0.5) is 10.6 Å². The van der Waals surface area contributed by atoms with Crippen molar-refractivity contribution in [2.45, 2.75) is 45.7 Å². The van der Waals surface area contributed by atoms with Crippen LogP contribution in [0.1, 0.15) is 37.3 Å². The first kappa shape index (κ1) is 19.7. The molecule has 3 amide bonds. The Morgan fingerprint density at radius 1 is 1.25 bits per heavy atom. The number of hydrogen-bond donors (Lipinski definition) is 1. The van der Waals surface area contributed by atoms with Gasteiger partial charge in [-0.2, -0.15) is 0 Å². The molecule has 0 spiro atoms. The Morgan fingerprint density at radius 2 is 2.04 bits per heavy atom. The lowest BCUT2D eigenvalue weighted by atomic mass is 10.1. The van der Waals surface area contributed by atoms with Gasteiger partial charge in [-0.3, -0.25) is 10.1 Å². The topological polar surface area (TPSA) is 91.3 Å². The molecular weight excluding hydrogens is 356 g/mol. The summed E-state index contributed by atoms with van der Waals surface area (Å²) in [5.41, 5.74) is 1.95. The van der Waals surface area contributed by atoms with E-state index in [-0.39, 0.29) is 18.0 Å². The number of hydrogen-bond acceptors (Lipinski definition) is 5. The number of amides is 3. The van der Waals surface area contributed by atoms with Crippen LogP contribution in [0.2, 0.25) is 0 Å². The van der Waals surface area contributed by atoms with Gasteiger partial charge in [0.15, 0.2) is 0 Å². The normalized spacial score (nSPS) is 16.9. The largest absolute Gasteiger partial charge is 0.335 e. The summed E-state index contributed by atoms with van der Waals surface area (Å²) in [6, 6.07) is 3.68. The smallest absolute Gasteiger partial charge is 0.323 e. The summed E-state index contributed by atoms with van der Waals surface area (Å²) >= 11 is 0. The van der Waals surface area contributed by atoms with E-state index in [1.54, 1.807) is 30.4 Å². The van der Waals surface area contributed by atoms with Gasteiger partial charge in [-0.15, -0.1) is 0 Å². The van der Waals surface area contributed by atoms with Gasteiger partial charge >= 0.3 is 6.03 Å². The first-order chi connectivity index (χ1) is 13.5. The third-order valence-corrected chi connectivity index (χ3v) is 4.95. The molecule has 1 atom stereocenters. The van der Waals surface area contributed by atoms with E-state index in [1.165, 1.54) is 6.33 Å². The zero-order valence-electron chi connectivity index (χ0n) is 16.3. The molecule has 1 aliphatic rings. The number of anilines is 1. The molecule has 1 aliphatic heterocycles. The molecule has 1 fully saturated rings. The van der Waals surface area contributed by atoms with Crippen molar-refractivity contribution in [3.63, 3.8) is 0 Å². The number of aromatic nitrogens is 3. The summed E-state index contributed by atoms with van der Waals surface area (Å²) in [5.74, 6) is 0.580. The lowest BCUT2D eigenvalue weighted by molar-refractivity contribution is -0.132. The number of nitrogens with one attached hydrogen (secondary N) is 1. The summed E-state index contributed by atoms with van der Waals surface area (Å²) in [5, 5.41) is 2.87. The van der Waals surface area contributed by atoms with Crippen molar-refractivity contribution in [2.75, 3.05) is 18.4 Å². The fourth-order valence-electron chi connectivity index (χ4n) is 3.49. The lowest BCUT2D eigenvalue weighted by Crippen LogP contribution is -2.40. The summed E-state index contributed by atoms with van der Waals surface area (Å²) < 4.78 is 0. The highest BCUT2D eigenvalue weighted by atomic mass is 16.2. The van der Waals surface area contributed by atoms with Gasteiger partial charge < -0.3 is 9.80 Å². The van der Waals surface area contributed by atoms with Gasteiger partial charge in [0.05, 0.1) is 0 Å². The molecule has 28 heavy (non-hydrogen) atoms. The molecule has 2 aromatic heterocycles. The molecule has 0 radical (unpaired) electrons. The lowest BCUT2D eigenvalue weighted by Gasteiger charge is -2.30. The minimum atomic E-state index is -0.149. The summed E-state index contributed by atoms with van der Waals surface area (Å²) in [6.07, 6.45) is 9.06. The molecule has 0 bridgehead atoms. The summed E-state index contributed by atoms with van der Waals surface area (Å²) in [4.78, 5) is 40.7. The van der Waals surface area contributed by atoms with Crippen molar-refractivity contribution >= 4 is 17.8 Å². The quantitative estimate of drug-likeness (QED) is 0.878. The number of nitrogens with zero attached hydrogens (tertiary/aromatic N) is 5. The van der Waals surface area contributed by atoms with E-state index < -0.39 is 0 Å². The highest BCUT2D eigenvalue weighted by Gasteiger charge is 2.26. The first-order valence-corrected chi connectivity index (χ1v) is 9.52. The van der Waals surface area contributed by atoms with Gasteiger partial charge in [0.2, 0.25) is 5.91 Å². The van der Waals surface area contributed by atoms with E-state index in [0.29, 0.717) is 25.5 Å². The third-order valence-electron chi connectivity index (χ3n) is 4.95. The molecule has 2 aromatic rings. The fraction of sp³-hybridized carbons (Fsp3) is 0.450. The predicted octanol–water partition coefficient (Wildman–Crippen LogP) is 2.62. The Bertz CT molecular complexity index is 813.